The number of benzene rings is 1. The Bertz CT molecular complexity index is 511. The van der Waals surface area contributed by atoms with Gasteiger partial charge in [-0.3, -0.25) is 0 Å². The SMILES string of the molecule is CNC(CS(C)(=O)=O)c1cccc(C(F)(F)F)c1. The molecule has 0 heterocycles. The minimum atomic E-state index is -4.43. The fraction of sp³-hybridized carbons (Fsp3) is 0.455. The Balaban J connectivity index is 3.08. The lowest BCUT2D eigenvalue weighted by Crippen LogP contribution is -2.25. The molecule has 1 atom stereocenters. The molecule has 0 aromatic heterocycles. The zero-order chi connectivity index (χ0) is 14.0. The molecule has 0 radical (unpaired) electrons. The Labute approximate surface area is 104 Å². The predicted octanol–water partition coefficient (Wildman–Crippen LogP) is 2.01. The smallest absolute Gasteiger partial charge is 0.312 e. The van der Waals surface area contributed by atoms with Gasteiger partial charge in [-0.15, -0.1) is 0 Å². The summed E-state index contributed by atoms with van der Waals surface area (Å²) in [5, 5.41) is 2.71. The van der Waals surface area contributed by atoms with Crippen LogP contribution in [-0.4, -0.2) is 27.5 Å². The molecule has 0 aliphatic rings. The van der Waals surface area contributed by atoms with Gasteiger partial charge in [0.1, 0.15) is 9.84 Å². The summed E-state index contributed by atoms with van der Waals surface area (Å²) in [6, 6.07) is 4.01. The van der Waals surface area contributed by atoms with E-state index in [4.69, 9.17) is 0 Å². The molecule has 3 nitrogen and oxygen atoms in total. The van der Waals surface area contributed by atoms with E-state index in [0.29, 0.717) is 5.56 Å². The van der Waals surface area contributed by atoms with E-state index in [1.54, 1.807) is 0 Å². The first-order chi connectivity index (χ1) is 8.13. The molecule has 1 rings (SSSR count). The van der Waals surface area contributed by atoms with Gasteiger partial charge in [-0.25, -0.2) is 8.42 Å². The van der Waals surface area contributed by atoms with E-state index in [0.717, 1.165) is 18.4 Å². The molecule has 7 heteroatoms. The van der Waals surface area contributed by atoms with Gasteiger partial charge in [0.05, 0.1) is 11.3 Å². The highest BCUT2D eigenvalue weighted by Crippen LogP contribution is 2.30. The summed E-state index contributed by atoms with van der Waals surface area (Å²) < 4.78 is 60.0. The molecule has 0 fully saturated rings. The summed E-state index contributed by atoms with van der Waals surface area (Å²) in [4.78, 5) is 0. The lowest BCUT2D eigenvalue weighted by molar-refractivity contribution is -0.137. The van der Waals surface area contributed by atoms with Crippen LogP contribution in [0.4, 0.5) is 13.2 Å². The summed E-state index contributed by atoms with van der Waals surface area (Å²) in [6.45, 7) is 0. The van der Waals surface area contributed by atoms with Crippen molar-refractivity contribution in [3.05, 3.63) is 35.4 Å². The van der Waals surface area contributed by atoms with Crippen LogP contribution in [0.5, 0.6) is 0 Å². The molecule has 0 amide bonds. The second-order valence-electron chi connectivity index (χ2n) is 4.06. The quantitative estimate of drug-likeness (QED) is 0.918. The van der Waals surface area contributed by atoms with E-state index in [2.05, 4.69) is 5.32 Å². The third kappa shape index (κ3) is 4.30. The van der Waals surface area contributed by atoms with Crippen molar-refractivity contribution in [1.29, 1.82) is 0 Å². The zero-order valence-corrected chi connectivity index (χ0v) is 10.8. The van der Waals surface area contributed by atoms with Crippen LogP contribution < -0.4 is 5.32 Å². The fourth-order valence-corrected chi connectivity index (χ4v) is 2.55. The van der Waals surface area contributed by atoms with Crippen LogP contribution in [0, 0.1) is 0 Å². The number of alkyl halides is 3. The molecule has 0 aliphatic heterocycles. The van der Waals surface area contributed by atoms with Crippen LogP contribution in [0.25, 0.3) is 0 Å². The van der Waals surface area contributed by atoms with Gasteiger partial charge in [-0.1, -0.05) is 12.1 Å². The van der Waals surface area contributed by atoms with Gasteiger partial charge in [0.2, 0.25) is 0 Å². The summed E-state index contributed by atoms with van der Waals surface area (Å²) in [5.74, 6) is -0.245. The van der Waals surface area contributed by atoms with E-state index >= 15 is 0 Å². The van der Waals surface area contributed by atoms with E-state index in [1.165, 1.54) is 19.2 Å². The predicted molar refractivity (Wildman–Crippen MR) is 63.0 cm³/mol. The highest BCUT2D eigenvalue weighted by molar-refractivity contribution is 7.90. The van der Waals surface area contributed by atoms with Crippen molar-refractivity contribution in [3.63, 3.8) is 0 Å². The molecule has 1 N–H and O–H groups in total. The van der Waals surface area contributed by atoms with Crippen LogP contribution >= 0.6 is 0 Å². The molecule has 0 bridgehead atoms. The molecule has 0 spiro atoms. The lowest BCUT2D eigenvalue weighted by Gasteiger charge is -2.17. The molecule has 1 aromatic rings. The number of halogens is 3. The Hall–Kier alpha value is -1.08. The normalized spacial score (nSPS) is 14.5. The minimum absolute atomic E-state index is 0.245. The Morgan fingerprint density at radius 1 is 1.33 bits per heavy atom. The number of nitrogens with one attached hydrogen (secondary N) is 1. The van der Waals surface area contributed by atoms with Gasteiger partial charge in [0, 0.05) is 12.3 Å². The second-order valence-corrected chi connectivity index (χ2v) is 6.24. The minimum Gasteiger partial charge on any atom is -0.312 e. The van der Waals surface area contributed by atoms with Gasteiger partial charge in [0.25, 0.3) is 0 Å². The number of hydrogen-bond donors (Lipinski definition) is 1. The van der Waals surface area contributed by atoms with Crippen molar-refractivity contribution in [3.8, 4) is 0 Å². The molecular weight excluding hydrogens is 267 g/mol. The van der Waals surface area contributed by atoms with Crippen LogP contribution in [0.15, 0.2) is 24.3 Å². The van der Waals surface area contributed by atoms with Crippen molar-refractivity contribution in [2.24, 2.45) is 0 Å². The first-order valence-electron chi connectivity index (χ1n) is 5.15. The summed E-state index contributed by atoms with van der Waals surface area (Å²) in [7, 11) is -1.77. The highest BCUT2D eigenvalue weighted by atomic mass is 32.2. The van der Waals surface area contributed by atoms with Gasteiger partial charge in [0.15, 0.2) is 0 Å². The van der Waals surface area contributed by atoms with Crippen LogP contribution in [0.3, 0.4) is 0 Å². The Kier molecular flexibility index (Phi) is 4.39. The maximum atomic E-state index is 12.5. The van der Waals surface area contributed by atoms with Crippen molar-refractivity contribution in [2.75, 3.05) is 19.1 Å². The molecule has 0 saturated carbocycles. The lowest BCUT2D eigenvalue weighted by atomic mass is 10.1. The topological polar surface area (TPSA) is 46.2 Å². The van der Waals surface area contributed by atoms with Crippen molar-refractivity contribution in [1.82, 2.24) is 5.32 Å². The van der Waals surface area contributed by atoms with Crippen LogP contribution in [-0.2, 0) is 16.0 Å². The highest BCUT2D eigenvalue weighted by Gasteiger charge is 2.31. The van der Waals surface area contributed by atoms with E-state index < -0.39 is 27.6 Å². The summed E-state index contributed by atoms with van der Waals surface area (Å²) in [5.41, 5.74) is -0.480. The van der Waals surface area contributed by atoms with Gasteiger partial charge in [-0.2, -0.15) is 13.2 Å². The molecule has 1 unspecified atom stereocenters. The van der Waals surface area contributed by atoms with Crippen LogP contribution in [0.2, 0.25) is 0 Å². The third-order valence-corrected chi connectivity index (χ3v) is 3.37. The molecule has 102 valence electrons. The number of sulfone groups is 1. The zero-order valence-electron chi connectivity index (χ0n) is 9.95. The molecular formula is C11H14F3NO2S. The standard InChI is InChI=1S/C11H14F3NO2S/c1-15-10(7-18(2,16)17)8-4-3-5-9(6-8)11(12,13)14/h3-6,10,15H,7H2,1-2H3. The van der Waals surface area contributed by atoms with Crippen LogP contribution in [0.1, 0.15) is 17.2 Å². The van der Waals surface area contributed by atoms with Gasteiger partial charge in [-0.05, 0) is 24.7 Å². The molecule has 0 aliphatic carbocycles. The van der Waals surface area contributed by atoms with Crippen molar-refractivity contribution >= 4 is 9.84 Å². The van der Waals surface area contributed by atoms with E-state index in [1.807, 2.05) is 0 Å². The third-order valence-electron chi connectivity index (χ3n) is 2.43. The van der Waals surface area contributed by atoms with Gasteiger partial charge >= 0.3 is 6.18 Å². The maximum Gasteiger partial charge on any atom is 0.416 e. The molecule has 1 aromatic carbocycles. The maximum absolute atomic E-state index is 12.5. The molecule has 0 saturated heterocycles. The molecule has 18 heavy (non-hydrogen) atoms. The number of hydrogen-bond acceptors (Lipinski definition) is 3. The summed E-state index contributed by atoms with van der Waals surface area (Å²) in [6.07, 6.45) is -3.38. The Morgan fingerprint density at radius 2 is 1.94 bits per heavy atom. The first-order valence-corrected chi connectivity index (χ1v) is 7.21. The largest absolute Gasteiger partial charge is 0.416 e. The van der Waals surface area contributed by atoms with Gasteiger partial charge < -0.3 is 5.32 Å². The van der Waals surface area contributed by atoms with E-state index in [9.17, 15) is 21.6 Å². The Morgan fingerprint density at radius 3 is 2.39 bits per heavy atom. The first kappa shape index (κ1) is 15.0. The fourth-order valence-electron chi connectivity index (χ4n) is 1.58. The van der Waals surface area contributed by atoms with Crippen molar-refractivity contribution in [2.45, 2.75) is 12.2 Å². The average molecular weight is 281 g/mol. The second kappa shape index (κ2) is 5.27. The monoisotopic (exact) mass is 281 g/mol. The van der Waals surface area contributed by atoms with E-state index in [-0.39, 0.29) is 5.75 Å². The number of rotatable bonds is 4. The van der Waals surface area contributed by atoms with Crippen molar-refractivity contribution < 1.29 is 21.6 Å². The average Bonchev–Trinajstić information content (AvgIpc) is 2.23. The summed E-state index contributed by atoms with van der Waals surface area (Å²) >= 11 is 0.